The van der Waals surface area contributed by atoms with Crippen LogP contribution < -0.4 is 0 Å². The summed E-state index contributed by atoms with van der Waals surface area (Å²) in [6.45, 7) is 10.7. The number of esters is 1. The van der Waals surface area contributed by atoms with Crippen molar-refractivity contribution in [3.63, 3.8) is 0 Å². The Balaban J connectivity index is 2.15. The second-order valence-corrected chi connectivity index (χ2v) is 9.47. The predicted molar refractivity (Wildman–Crippen MR) is 101 cm³/mol. The normalized spacial score (nSPS) is 42.9. The fraction of sp³-hybridized carbons (Fsp3) is 0.682. The molecule has 5 atom stereocenters. The van der Waals surface area contributed by atoms with Crippen LogP contribution in [0.5, 0.6) is 0 Å². The maximum absolute atomic E-state index is 13.5. The number of aliphatic hydroxyl groups is 1. The standard InChI is InChI=1S/C22H30O5/c1-12-9-16-15(20(16,4)5)7-8-21(6,26)11-17-18(24)13(2)10-22(17,19(12)25)27-14(3)23/h10-12,15-16,26H,7-9H2,1-6H3/b17-11-/t12-,15+,16-,21+,22+/m1/s1. The van der Waals surface area contributed by atoms with Crippen LogP contribution in [0.4, 0.5) is 0 Å². The largest absolute Gasteiger partial charge is 0.442 e. The van der Waals surface area contributed by atoms with E-state index in [0.29, 0.717) is 30.3 Å². The minimum atomic E-state index is -1.73. The minimum absolute atomic E-state index is 0.0758. The number of Topliss-reactive ketones (excluding diaryl/α,β-unsaturated/α-hetero) is 2. The first-order valence-corrected chi connectivity index (χ1v) is 9.75. The van der Waals surface area contributed by atoms with Crippen LogP contribution in [-0.2, 0) is 19.1 Å². The zero-order chi connectivity index (χ0) is 20.4. The van der Waals surface area contributed by atoms with Gasteiger partial charge in [0.25, 0.3) is 0 Å². The molecule has 27 heavy (non-hydrogen) atoms. The Morgan fingerprint density at radius 3 is 2.41 bits per heavy atom. The zero-order valence-electron chi connectivity index (χ0n) is 17.1. The van der Waals surface area contributed by atoms with E-state index < -0.39 is 17.2 Å². The first kappa shape index (κ1) is 20.0. The number of carbonyl (C=O) groups is 3. The Morgan fingerprint density at radius 2 is 1.81 bits per heavy atom. The van der Waals surface area contributed by atoms with Crippen molar-refractivity contribution in [3.8, 4) is 0 Å². The highest BCUT2D eigenvalue weighted by Crippen LogP contribution is 2.63. The Labute approximate surface area is 160 Å². The van der Waals surface area contributed by atoms with Gasteiger partial charge < -0.3 is 9.84 Å². The van der Waals surface area contributed by atoms with E-state index in [9.17, 15) is 19.5 Å². The molecule has 0 spiro atoms. The minimum Gasteiger partial charge on any atom is -0.442 e. The molecule has 0 aromatic rings. The Hall–Kier alpha value is -1.75. The second-order valence-electron chi connectivity index (χ2n) is 9.47. The highest BCUT2D eigenvalue weighted by atomic mass is 16.6. The third-order valence-corrected chi connectivity index (χ3v) is 6.85. The van der Waals surface area contributed by atoms with Crippen molar-refractivity contribution in [3.05, 3.63) is 23.3 Å². The molecular weight excluding hydrogens is 344 g/mol. The lowest BCUT2D eigenvalue weighted by Gasteiger charge is -2.31. The molecule has 0 heterocycles. The summed E-state index contributed by atoms with van der Waals surface area (Å²) in [6, 6.07) is 0. The number of hydrogen-bond donors (Lipinski definition) is 1. The van der Waals surface area contributed by atoms with E-state index in [1.165, 1.54) is 19.1 Å². The van der Waals surface area contributed by atoms with E-state index in [4.69, 9.17) is 4.74 Å². The fourth-order valence-corrected chi connectivity index (χ4v) is 5.15. The van der Waals surface area contributed by atoms with E-state index in [1.54, 1.807) is 13.8 Å². The highest BCUT2D eigenvalue weighted by Gasteiger charge is 2.60. The molecule has 1 saturated carbocycles. The molecule has 5 nitrogen and oxygen atoms in total. The van der Waals surface area contributed by atoms with Crippen LogP contribution in [0.25, 0.3) is 0 Å². The van der Waals surface area contributed by atoms with Crippen LogP contribution in [0.2, 0.25) is 0 Å². The van der Waals surface area contributed by atoms with Gasteiger partial charge in [-0.05, 0) is 68.1 Å². The number of fused-ring (bicyclic) bond motifs is 2. The Kier molecular flexibility index (Phi) is 4.54. The SMILES string of the molecule is CC(=O)O[C@@]12C=C(C)C(=O)/C1=C/[C@@](C)(O)CC[C@H]1[C@@H](C[C@@H](C)C2=O)C1(C)C. The Bertz CT molecular complexity index is 770. The summed E-state index contributed by atoms with van der Waals surface area (Å²) in [5.41, 5.74) is -2.42. The first-order valence-electron chi connectivity index (χ1n) is 9.75. The molecule has 0 unspecified atom stereocenters. The van der Waals surface area contributed by atoms with Crippen LogP contribution in [0, 0.1) is 23.2 Å². The maximum atomic E-state index is 13.5. The number of allylic oxidation sites excluding steroid dienone is 1. The van der Waals surface area contributed by atoms with E-state index in [0.717, 1.165) is 6.42 Å². The lowest BCUT2D eigenvalue weighted by atomic mass is 9.80. The molecule has 1 fully saturated rings. The van der Waals surface area contributed by atoms with Gasteiger partial charge in [-0.2, -0.15) is 0 Å². The number of ketones is 2. The van der Waals surface area contributed by atoms with Crippen molar-refractivity contribution >= 4 is 17.5 Å². The third-order valence-electron chi connectivity index (χ3n) is 6.85. The number of hydrogen-bond acceptors (Lipinski definition) is 5. The predicted octanol–water partition coefficient (Wildman–Crippen LogP) is 3.16. The molecule has 5 heteroatoms. The molecule has 0 aromatic carbocycles. The monoisotopic (exact) mass is 374 g/mol. The molecule has 3 aliphatic carbocycles. The second kappa shape index (κ2) is 6.13. The highest BCUT2D eigenvalue weighted by molar-refractivity contribution is 6.20. The number of carbonyl (C=O) groups excluding carboxylic acids is 3. The van der Waals surface area contributed by atoms with Gasteiger partial charge in [-0.25, -0.2) is 0 Å². The summed E-state index contributed by atoms with van der Waals surface area (Å²) in [7, 11) is 0. The molecule has 1 N–H and O–H groups in total. The average Bonchev–Trinajstić information content (AvgIpc) is 2.97. The zero-order valence-corrected chi connectivity index (χ0v) is 17.1. The quantitative estimate of drug-likeness (QED) is 0.713. The van der Waals surface area contributed by atoms with Crippen LogP contribution >= 0.6 is 0 Å². The fourth-order valence-electron chi connectivity index (χ4n) is 5.15. The summed E-state index contributed by atoms with van der Waals surface area (Å²) in [4.78, 5) is 38.2. The van der Waals surface area contributed by atoms with Gasteiger partial charge in [0.2, 0.25) is 5.60 Å². The van der Waals surface area contributed by atoms with Crippen molar-refractivity contribution in [1.82, 2.24) is 0 Å². The van der Waals surface area contributed by atoms with Gasteiger partial charge in [0.1, 0.15) is 0 Å². The van der Waals surface area contributed by atoms with Crippen LogP contribution in [0.1, 0.15) is 60.8 Å². The summed E-state index contributed by atoms with van der Waals surface area (Å²) in [6.07, 6.45) is 4.93. The van der Waals surface area contributed by atoms with Crippen molar-refractivity contribution < 1.29 is 24.2 Å². The molecule has 0 radical (unpaired) electrons. The molecule has 0 aromatic heterocycles. The maximum Gasteiger partial charge on any atom is 0.304 e. The van der Waals surface area contributed by atoms with Crippen LogP contribution in [0.3, 0.4) is 0 Å². The van der Waals surface area contributed by atoms with Crippen molar-refractivity contribution in [2.45, 2.75) is 72.0 Å². The summed E-state index contributed by atoms with van der Waals surface area (Å²) >= 11 is 0. The molecule has 0 bridgehead atoms. The number of rotatable bonds is 1. The van der Waals surface area contributed by atoms with Gasteiger partial charge >= 0.3 is 5.97 Å². The first-order chi connectivity index (χ1) is 12.3. The summed E-state index contributed by atoms with van der Waals surface area (Å²) in [5, 5.41) is 10.9. The van der Waals surface area contributed by atoms with Crippen molar-refractivity contribution in [2.24, 2.45) is 23.2 Å². The van der Waals surface area contributed by atoms with Gasteiger partial charge in [-0.3, -0.25) is 14.4 Å². The lowest BCUT2D eigenvalue weighted by Crippen LogP contribution is -2.46. The average molecular weight is 374 g/mol. The van der Waals surface area contributed by atoms with Gasteiger partial charge in [0.05, 0.1) is 11.2 Å². The topological polar surface area (TPSA) is 80.7 Å². The molecule has 0 amide bonds. The van der Waals surface area contributed by atoms with Crippen LogP contribution in [-0.4, -0.2) is 33.8 Å². The van der Waals surface area contributed by atoms with Crippen molar-refractivity contribution in [2.75, 3.05) is 0 Å². The Morgan fingerprint density at radius 1 is 1.19 bits per heavy atom. The van der Waals surface area contributed by atoms with E-state index in [1.807, 2.05) is 6.92 Å². The molecule has 0 saturated heterocycles. The smallest absolute Gasteiger partial charge is 0.304 e. The number of ether oxygens (including phenoxy) is 1. The van der Waals surface area contributed by atoms with Gasteiger partial charge in [-0.1, -0.05) is 20.8 Å². The van der Waals surface area contributed by atoms with Crippen molar-refractivity contribution in [1.29, 1.82) is 0 Å². The van der Waals surface area contributed by atoms with E-state index >= 15 is 0 Å². The van der Waals surface area contributed by atoms with E-state index in [-0.39, 0.29) is 28.5 Å². The summed E-state index contributed by atoms with van der Waals surface area (Å²) < 4.78 is 5.53. The molecular formula is C22H30O5. The molecule has 148 valence electrons. The summed E-state index contributed by atoms with van der Waals surface area (Å²) in [5.74, 6) is -0.798. The van der Waals surface area contributed by atoms with Gasteiger partial charge in [0, 0.05) is 12.8 Å². The lowest BCUT2D eigenvalue weighted by molar-refractivity contribution is -0.158. The van der Waals surface area contributed by atoms with Gasteiger partial charge in [0.15, 0.2) is 11.6 Å². The third kappa shape index (κ3) is 3.20. The molecule has 3 rings (SSSR count). The van der Waals surface area contributed by atoms with Gasteiger partial charge in [-0.15, -0.1) is 0 Å². The van der Waals surface area contributed by atoms with Crippen LogP contribution in [0.15, 0.2) is 23.3 Å². The molecule has 0 aliphatic heterocycles. The van der Waals surface area contributed by atoms with E-state index in [2.05, 4.69) is 13.8 Å². The molecule has 3 aliphatic rings.